The fraction of sp³-hybridized carbons (Fsp3) is 0.500. The van der Waals surface area contributed by atoms with Crippen LogP contribution in [0.5, 0.6) is 0 Å². The summed E-state index contributed by atoms with van der Waals surface area (Å²) < 4.78 is 1.73. The molecule has 0 saturated carbocycles. The van der Waals surface area contributed by atoms with E-state index in [1.54, 1.807) is 10.9 Å². The standard InChI is InChI=1S/C14H18N6O/c1-2-10-6-7-15-12(9-10)16-14(21)11-5-3-4-8-20-13(11)17-18-19-20/h6-7,9,11H,2-5,8H2,1H3,(H,15,16,21). The molecule has 0 aromatic carbocycles. The molecular weight excluding hydrogens is 268 g/mol. The van der Waals surface area contributed by atoms with E-state index in [9.17, 15) is 4.79 Å². The van der Waals surface area contributed by atoms with Crippen LogP contribution in [0.1, 0.15) is 43.5 Å². The summed E-state index contributed by atoms with van der Waals surface area (Å²) in [4.78, 5) is 16.7. The summed E-state index contributed by atoms with van der Waals surface area (Å²) in [6.07, 6.45) is 5.36. The van der Waals surface area contributed by atoms with E-state index in [-0.39, 0.29) is 11.8 Å². The number of carbonyl (C=O) groups excluding carboxylic acids is 1. The van der Waals surface area contributed by atoms with Crippen molar-refractivity contribution in [1.29, 1.82) is 0 Å². The number of aryl methyl sites for hydroxylation is 2. The topological polar surface area (TPSA) is 85.6 Å². The van der Waals surface area contributed by atoms with Crippen LogP contribution in [-0.4, -0.2) is 31.1 Å². The number of hydrogen-bond donors (Lipinski definition) is 1. The Kier molecular flexibility index (Phi) is 3.89. The lowest BCUT2D eigenvalue weighted by molar-refractivity contribution is -0.117. The van der Waals surface area contributed by atoms with Crippen molar-refractivity contribution in [1.82, 2.24) is 25.2 Å². The minimum absolute atomic E-state index is 0.0892. The summed E-state index contributed by atoms with van der Waals surface area (Å²) in [5.41, 5.74) is 1.14. The average molecular weight is 286 g/mol. The zero-order chi connectivity index (χ0) is 14.7. The molecule has 3 heterocycles. The Morgan fingerprint density at radius 1 is 1.48 bits per heavy atom. The maximum Gasteiger partial charge on any atom is 0.236 e. The van der Waals surface area contributed by atoms with Crippen molar-refractivity contribution in [3.63, 3.8) is 0 Å². The number of pyridine rings is 1. The van der Waals surface area contributed by atoms with Crippen molar-refractivity contribution in [3.05, 3.63) is 29.7 Å². The number of hydrogen-bond acceptors (Lipinski definition) is 5. The fourth-order valence-electron chi connectivity index (χ4n) is 2.58. The normalized spacial score (nSPS) is 17.9. The van der Waals surface area contributed by atoms with Gasteiger partial charge in [-0.1, -0.05) is 13.3 Å². The summed E-state index contributed by atoms with van der Waals surface area (Å²) in [7, 11) is 0. The molecule has 0 bridgehead atoms. The number of aromatic nitrogens is 5. The molecule has 0 saturated heterocycles. The van der Waals surface area contributed by atoms with Crippen LogP contribution in [0.3, 0.4) is 0 Å². The maximum absolute atomic E-state index is 12.5. The van der Waals surface area contributed by atoms with Crippen molar-refractivity contribution in [2.24, 2.45) is 0 Å². The first-order valence-corrected chi connectivity index (χ1v) is 7.29. The Balaban J connectivity index is 1.79. The van der Waals surface area contributed by atoms with Gasteiger partial charge in [0, 0.05) is 12.7 Å². The van der Waals surface area contributed by atoms with Crippen molar-refractivity contribution >= 4 is 11.7 Å². The SMILES string of the molecule is CCc1ccnc(NC(=O)C2CCCCn3nnnc32)c1. The number of nitrogens with zero attached hydrogens (tertiary/aromatic N) is 5. The molecule has 0 spiro atoms. The molecule has 0 aliphatic carbocycles. The Bertz CT molecular complexity index is 638. The number of anilines is 1. The summed E-state index contributed by atoms with van der Waals surface area (Å²) >= 11 is 0. The maximum atomic E-state index is 12.5. The highest BCUT2D eigenvalue weighted by Crippen LogP contribution is 2.25. The van der Waals surface area contributed by atoms with Crippen LogP contribution in [0.4, 0.5) is 5.82 Å². The largest absolute Gasteiger partial charge is 0.310 e. The minimum Gasteiger partial charge on any atom is -0.310 e. The molecule has 1 amide bonds. The van der Waals surface area contributed by atoms with Crippen molar-refractivity contribution in [3.8, 4) is 0 Å². The molecule has 1 unspecified atom stereocenters. The van der Waals surface area contributed by atoms with Gasteiger partial charge in [0.1, 0.15) is 5.82 Å². The highest BCUT2D eigenvalue weighted by molar-refractivity contribution is 5.94. The van der Waals surface area contributed by atoms with E-state index in [0.717, 1.165) is 37.8 Å². The Morgan fingerprint density at radius 2 is 2.38 bits per heavy atom. The smallest absolute Gasteiger partial charge is 0.236 e. The second kappa shape index (κ2) is 5.99. The first kappa shape index (κ1) is 13.7. The van der Waals surface area contributed by atoms with Gasteiger partial charge in [-0.2, -0.15) is 0 Å². The van der Waals surface area contributed by atoms with Gasteiger partial charge in [0.15, 0.2) is 5.82 Å². The molecule has 21 heavy (non-hydrogen) atoms. The molecule has 0 radical (unpaired) electrons. The Morgan fingerprint density at radius 3 is 3.24 bits per heavy atom. The Hall–Kier alpha value is -2.31. The molecule has 2 aromatic heterocycles. The van der Waals surface area contributed by atoms with Gasteiger partial charge in [-0.3, -0.25) is 4.79 Å². The Labute approximate surface area is 122 Å². The number of amides is 1. The predicted molar refractivity (Wildman–Crippen MR) is 76.7 cm³/mol. The van der Waals surface area contributed by atoms with Gasteiger partial charge in [-0.25, -0.2) is 9.67 Å². The van der Waals surface area contributed by atoms with E-state index in [2.05, 4.69) is 32.7 Å². The van der Waals surface area contributed by atoms with Gasteiger partial charge >= 0.3 is 0 Å². The lowest BCUT2D eigenvalue weighted by Crippen LogP contribution is -2.23. The van der Waals surface area contributed by atoms with Crippen LogP contribution in [0.15, 0.2) is 18.3 Å². The van der Waals surface area contributed by atoms with Crippen molar-refractivity contribution in [2.75, 3.05) is 5.32 Å². The summed E-state index contributed by atoms with van der Waals surface area (Å²) in [5, 5.41) is 14.5. The summed E-state index contributed by atoms with van der Waals surface area (Å²) in [6.45, 7) is 2.84. The first-order valence-electron chi connectivity index (χ1n) is 7.29. The molecule has 0 fully saturated rings. The number of rotatable bonds is 3. The minimum atomic E-state index is -0.311. The van der Waals surface area contributed by atoms with E-state index < -0.39 is 0 Å². The highest BCUT2D eigenvalue weighted by atomic mass is 16.2. The van der Waals surface area contributed by atoms with E-state index in [1.165, 1.54) is 0 Å². The van der Waals surface area contributed by atoms with Gasteiger partial charge in [0.25, 0.3) is 0 Å². The van der Waals surface area contributed by atoms with E-state index in [0.29, 0.717) is 11.6 Å². The lowest BCUT2D eigenvalue weighted by atomic mass is 10.0. The first-order chi connectivity index (χ1) is 10.3. The number of fused-ring (bicyclic) bond motifs is 1. The third kappa shape index (κ3) is 2.91. The van der Waals surface area contributed by atoms with Gasteiger partial charge in [0.2, 0.25) is 5.91 Å². The second-order valence-electron chi connectivity index (χ2n) is 5.20. The molecule has 7 nitrogen and oxygen atoms in total. The predicted octanol–water partition coefficient (Wildman–Crippen LogP) is 1.54. The van der Waals surface area contributed by atoms with Gasteiger partial charge < -0.3 is 5.32 Å². The highest BCUT2D eigenvalue weighted by Gasteiger charge is 2.28. The monoisotopic (exact) mass is 286 g/mol. The fourth-order valence-corrected chi connectivity index (χ4v) is 2.58. The third-order valence-electron chi connectivity index (χ3n) is 3.78. The van der Waals surface area contributed by atoms with Crippen molar-refractivity contribution in [2.45, 2.75) is 45.1 Å². The third-order valence-corrected chi connectivity index (χ3v) is 3.78. The van der Waals surface area contributed by atoms with Crippen LogP contribution in [0.2, 0.25) is 0 Å². The molecule has 7 heteroatoms. The van der Waals surface area contributed by atoms with Gasteiger partial charge in [-0.05, 0) is 47.4 Å². The van der Waals surface area contributed by atoms with Crippen molar-refractivity contribution < 1.29 is 4.79 Å². The molecule has 1 atom stereocenters. The van der Waals surface area contributed by atoms with Crippen LogP contribution < -0.4 is 5.32 Å². The van der Waals surface area contributed by atoms with Crippen LogP contribution in [0.25, 0.3) is 0 Å². The van der Waals surface area contributed by atoms with Crippen LogP contribution >= 0.6 is 0 Å². The van der Waals surface area contributed by atoms with Gasteiger partial charge in [0.05, 0.1) is 5.92 Å². The molecular formula is C14H18N6O. The lowest BCUT2D eigenvalue weighted by Gasteiger charge is -2.13. The van der Waals surface area contributed by atoms with E-state index >= 15 is 0 Å². The molecule has 3 rings (SSSR count). The molecule has 1 N–H and O–H groups in total. The van der Waals surface area contributed by atoms with Crippen LogP contribution in [0, 0.1) is 0 Å². The quantitative estimate of drug-likeness (QED) is 0.925. The molecule has 1 aliphatic heterocycles. The van der Waals surface area contributed by atoms with E-state index in [1.807, 2.05) is 12.1 Å². The molecule has 110 valence electrons. The van der Waals surface area contributed by atoms with Gasteiger partial charge in [-0.15, -0.1) is 5.10 Å². The number of tetrazole rings is 1. The number of carbonyl (C=O) groups is 1. The zero-order valence-electron chi connectivity index (χ0n) is 12.0. The second-order valence-corrected chi connectivity index (χ2v) is 5.20. The molecule has 2 aromatic rings. The van der Waals surface area contributed by atoms with E-state index in [4.69, 9.17) is 0 Å². The number of nitrogens with one attached hydrogen (secondary N) is 1. The molecule has 1 aliphatic rings. The summed E-state index contributed by atoms with van der Waals surface area (Å²) in [6, 6.07) is 3.85. The average Bonchev–Trinajstić information content (AvgIpc) is 2.86. The summed E-state index contributed by atoms with van der Waals surface area (Å²) in [5.74, 6) is 0.836. The van der Waals surface area contributed by atoms with Crippen LogP contribution in [-0.2, 0) is 17.8 Å². The zero-order valence-corrected chi connectivity index (χ0v) is 12.0.